The van der Waals surface area contributed by atoms with Crippen molar-refractivity contribution in [3.05, 3.63) is 41.6 Å². The molecule has 0 fully saturated rings. The van der Waals surface area contributed by atoms with Crippen molar-refractivity contribution < 1.29 is 18.0 Å². The Morgan fingerprint density at radius 1 is 1.33 bits per heavy atom. The zero-order valence-corrected chi connectivity index (χ0v) is 11.2. The lowest BCUT2D eigenvalue weighted by molar-refractivity contribution is -0.130. The number of nitrogens with one attached hydrogen (secondary N) is 1. The zero-order valence-electron chi connectivity index (χ0n) is 11.2. The minimum atomic E-state index is -4.41. The molecule has 1 heterocycles. The van der Waals surface area contributed by atoms with Gasteiger partial charge in [-0.1, -0.05) is 12.1 Å². The third-order valence-corrected chi connectivity index (χ3v) is 2.98. The normalized spacial score (nSPS) is 13.3. The maximum Gasteiger partial charge on any atom is 0.401 e. The van der Waals surface area contributed by atoms with E-state index in [9.17, 15) is 18.0 Å². The molecule has 2 aromatic rings. The van der Waals surface area contributed by atoms with E-state index in [0.29, 0.717) is 11.1 Å². The number of hydrogen-bond acceptors (Lipinski definition) is 3. The molecule has 1 unspecified atom stereocenters. The van der Waals surface area contributed by atoms with E-state index < -0.39 is 24.7 Å². The molecule has 0 saturated heterocycles. The highest BCUT2D eigenvalue weighted by molar-refractivity contribution is 5.85. The van der Waals surface area contributed by atoms with Gasteiger partial charge in [-0.25, -0.2) is 0 Å². The molecule has 3 N–H and O–H groups in total. The van der Waals surface area contributed by atoms with Gasteiger partial charge >= 0.3 is 6.18 Å². The van der Waals surface area contributed by atoms with E-state index in [1.165, 1.54) is 0 Å². The lowest BCUT2D eigenvalue weighted by Crippen LogP contribution is -2.38. The first-order chi connectivity index (χ1) is 9.76. The van der Waals surface area contributed by atoms with Crippen LogP contribution in [0, 0.1) is 6.92 Å². The number of aryl methyl sites for hydroxylation is 1. The Labute approximate surface area is 119 Å². The summed E-state index contributed by atoms with van der Waals surface area (Å²) in [5, 5.41) is 2.87. The van der Waals surface area contributed by atoms with Gasteiger partial charge in [0.25, 0.3) is 0 Å². The third kappa shape index (κ3) is 3.91. The van der Waals surface area contributed by atoms with Crippen LogP contribution in [0.3, 0.4) is 0 Å². The van der Waals surface area contributed by atoms with Crippen LogP contribution in [-0.4, -0.2) is 23.6 Å². The first-order valence-electron chi connectivity index (χ1n) is 6.23. The number of fused-ring (bicyclic) bond motifs is 1. The smallest absolute Gasteiger partial charge is 0.368 e. The molecule has 0 saturated carbocycles. The lowest BCUT2D eigenvalue weighted by atomic mass is 10.0. The van der Waals surface area contributed by atoms with Crippen LogP contribution in [-0.2, 0) is 4.79 Å². The molecule has 0 spiro atoms. The summed E-state index contributed by atoms with van der Waals surface area (Å²) in [4.78, 5) is 15.7. The van der Waals surface area contributed by atoms with Gasteiger partial charge in [-0.2, -0.15) is 13.2 Å². The molecule has 1 amide bonds. The second-order valence-electron chi connectivity index (χ2n) is 4.74. The fourth-order valence-corrected chi connectivity index (χ4v) is 2.03. The Kier molecular flexibility index (Phi) is 4.13. The number of benzene rings is 1. The van der Waals surface area contributed by atoms with Crippen LogP contribution in [0.15, 0.2) is 30.3 Å². The fourth-order valence-electron chi connectivity index (χ4n) is 2.03. The first kappa shape index (κ1) is 15.2. The van der Waals surface area contributed by atoms with Gasteiger partial charge in [0.1, 0.15) is 6.04 Å². The van der Waals surface area contributed by atoms with Gasteiger partial charge in [0.05, 0.1) is 12.1 Å². The average molecular weight is 297 g/mol. The Morgan fingerprint density at radius 2 is 2.05 bits per heavy atom. The van der Waals surface area contributed by atoms with Gasteiger partial charge in [0, 0.05) is 11.1 Å². The van der Waals surface area contributed by atoms with Crippen LogP contribution in [0.25, 0.3) is 10.9 Å². The third-order valence-electron chi connectivity index (χ3n) is 2.98. The Hall–Kier alpha value is -2.15. The minimum absolute atomic E-state index is 0.380. The number of rotatable bonds is 4. The first-order valence-corrected chi connectivity index (χ1v) is 6.23. The summed E-state index contributed by atoms with van der Waals surface area (Å²) in [5.41, 5.74) is 7.10. The predicted molar refractivity (Wildman–Crippen MR) is 72.5 cm³/mol. The second kappa shape index (κ2) is 5.69. The monoisotopic (exact) mass is 297 g/mol. The van der Waals surface area contributed by atoms with Crippen LogP contribution in [0.1, 0.15) is 17.3 Å². The number of carbonyl (C=O) groups excluding carboxylic acids is 1. The summed E-state index contributed by atoms with van der Waals surface area (Å²) in [6.07, 6.45) is -4.41. The van der Waals surface area contributed by atoms with E-state index in [4.69, 9.17) is 5.73 Å². The molecule has 0 bridgehead atoms. The van der Waals surface area contributed by atoms with Crippen molar-refractivity contribution in [1.82, 2.24) is 10.3 Å². The van der Waals surface area contributed by atoms with E-state index in [2.05, 4.69) is 10.3 Å². The van der Waals surface area contributed by atoms with E-state index in [0.717, 1.165) is 11.1 Å². The Balaban J connectivity index is 2.32. The molecular formula is C14H14F3N3O. The maximum absolute atomic E-state index is 12.3. The second-order valence-corrected chi connectivity index (χ2v) is 4.74. The van der Waals surface area contributed by atoms with E-state index in [-0.39, 0.29) is 0 Å². The van der Waals surface area contributed by atoms with Crippen LogP contribution < -0.4 is 11.1 Å². The van der Waals surface area contributed by atoms with Crippen molar-refractivity contribution in [2.24, 2.45) is 5.73 Å². The number of halogens is 3. The molecule has 0 aliphatic carbocycles. The average Bonchev–Trinajstić information content (AvgIpc) is 2.37. The molecule has 2 rings (SSSR count). The van der Waals surface area contributed by atoms with E-state index in [1.807, 2.05) is 6.92 Å². The van der Waals surface area contributed by atoms with E-state index >= 15 is 0 Å². The quantitative estimate of drug-likeness (QED) is 0.909. The molecule has 1 atom stereocenters. The number of alkyl halides is 3. The highest BCUT2D eigenvalue weighted by Gasteiger charge is 2.30. The maximum atomic E-state index is 12.3. The van der Waals surface area contributed by atoms with Gasteiger partial charge in [-0.05, 0) is 30.7 Å². The number of aromatic nitrogens is 1. The molecule has 4 nitrogen and oxygen atoms in total. The molecule has 112 valence electrons. The van der Waals surface area contributed by atoms with Crippen LogP contribution in [0.2, 0.25) is 0 Å². The van der Waals surface area contributed by atoms with Crippen molar-refractivity contribution in [2.45, 2.75) is 19.1 Å². The molecule has 21 heavy (non-hydrogen) atoms. The number of pyridine rings is 1. The van der Waals surface area contributed by atoms with Crippen molar-refractivity contribution >= 4 is 16.8 Å². The van der Waals surface area contributed by atoms with Gasteiger partial charge in [-0.3, -0.25) is 15.1 Å². The molecule has 7 heteroatoms. The largest absolute Gasteiger partial charge is 0.401 e. The number of hydrogen-bond donors (Lipinski definition) is 2. The number of carbonyl (C=O) groups is 1. The van der Waals surface area contributed by atoms with Crippen molar-refractivity contribution in [2.75, 3.05) is 6.54 Å². The minimum Gasteiger partial charge on any atom is -0.368 e. The van der Waals surface area contributed by atoms with Crippen LogP contribution in [0.4, 0.5) is 13.2 Å². The number of amides is 1. The standard InChI is InChI=1S/C14H14F3N3O/c1-8-2-3-9-6-10(4-5-11(9)20-8)12(13(18)21)19-7-14(15,16)17/h2-6,12,19H,7H2,1H3,(H2,18,21). The molecule has 1 aromatic carbocycles. The molecule has 1 aromatic heterocycles. The van der Waals surface area contributed by atoms with Gasteiger partial charge in [-0.15, -0.1) is 0 Å². The Morgan fingerprint density at radius 3 is 2.67 bits per heavy atom. The van der Waals surface area contributed by atoms with Gasteiger partial charge < -0.3 is 5.73 Å². The number of nitrogens with zero attached hydrogens (tertiary/aromatic N) is 1. The van der Waals surface area contributed by atoms with Crippen LogP contribution in [0.5, 0.6) is 0 Å². The summed E-state index contributed by atoms with van der Waals surface area (Å²) in [6.45, 7) is 0.551. The summed E-state index contributed by atoms with van der Waals surface area (Å²) in [6, 6.07) is 7.20. The summed E-state index contributed by atoms with van der Waals surface area (Å²) >= 11 is 0. The summed E-state index contributed by atoms with van der Waals surface area (Å²) < 4.78 is 36.8. The molecular weight excluding hydrogens is 283 g/mol. The van der Waals surface area contributed by atoms with Crippen molar-refractivity contribution in [3.63, 3.8) is 0 Å². The van der Waals surface area contributed by atoms with Gasteiger partial charge in [0.2, 0.25) is 5.91 Å². The topological polar surface area (TPSA) is 68.0 Å². The SMILES string of the molecule is Cc1ccc2cc(C(NCC(F)(F)F)C(N)=O)ccc2n1. The summed E-state index contributed by atoms with van der Waals surface area (Å²) in [5.74, 6) is -0.862. The number of primary amides is 1. The predicted octanol–water partition coefficient (Wildman–Crippen LogP) is 2.22. The van der Waals surface area contributed by atoms with Gasteiger partial charge in [0.15, 0.2) is 0 Å². The van der Waals surface area contributed by atoms with Crippen molar-refractivity contribution in [3.8, 4) is 0 Å². The zero-order chi connectivity index (χ0) is 15.6. The van der Waals surface area contributed by atoms with E-state index in [1.54, 1.807) is 30.3 Å². The van der Waals surface area contributed by atoms with Crippen molar-refractivity contribution in [1.29, 1.82) is 0 Å². The molecule has 0 aliphatic rings. The highest BCUT2D eigenvalue weighted by Crippen LogP contribution is 2.21. The summed E-state index contributed by atoms with van der Waals surface area (Å²) in [7, 11) is 0. The Bertz CT molecular complexity index is 670. The fraction of sp³-hybridized carbons (Fsp3) is 0.286. The molecule has 0 aliphatic heterocycles. The highest BCUT2D eigenvalue weighted by atomic mass is 19.4. The number of nitrogens with two attached hydrogens (primary N) is 1. The van der Waals surface area contributed by atoms with Crippen LogP contribution >= 0.6 is 0 Å². The molecule has 0 radical (unpaired) electrons. The lowest BCUT2D eigenvalue weighted by Gasteiger charge is -2.17.